The fourth-order valence-corrected chi connectivity index (χ4v) is 2.40. The highest BCUT2D eigenvalue weighted by atomic mass is 35.5. The summed E-state index contributed by atoms with van der Waals surface area (Å²) in [5.41, 5.74) is 7.02. The van der Waals surface area contributed by atoms with E-state index in [1.165, 1.54) is 19.8 Å². The van der Waals surface area contributed by atoms with Gasteiger partial charge in [0.2, 0.25) is 11.8 Å². The molecule has 0 spiro atoms. The number of nitrogens with two attached hydrogens (primary N) is 1. The number of nitrogens with zero attached hydrogens (tertiary/aromatic N) is 1. The molecule has 1 saturated carbocycles. The van der Waals surface area contributed by atoms with Crippen LogP contribution in [0.15, 0.2) is 30.3 Å². The highest BCUT2D eigenvalue weighted by molar-refractivity contribution is 5.85. The Bertz CT molecular complexity index is 506. The summed E-state index contributed by atoms with van der Waals surface area (Å²) >= 11 is 0. The Morgan fingerprint density at radius 3 is 2.52 bits per heavy atom. The van der Waals surface area contributed by atoms with Gasteiger partial charge in [-0.05, 0) is 24.3 Å². The number of amides is 2. The molecule has 1 aromatic rings. The highest BCUT2D eigenvalue weighted by Gasteiger charge is 2.28. The predicted molar refractivity (Wildman–Crippen MR) is 93.1 cm³/mol. The molecule has 1 aliphatic carbocycles. The summed E-state index contributed by atoms with van der Waals surface area (Å²) in [5.74, 6) is 0.508. The number of hydrogen-bond acceptors (Lipinski definition) is 3. The Morgan fingerprint density at radius 1 is 1.30 bits per heavy atom. The fraction of sp³-hybridized carbons (Fsp3) is 0.529. The Labute approximate surface area is 144 Å². The molecular formula is C17H26ClN3O2. The van der Waals surface area contributed by atoms with Crippen molar-refractivity contribution >= 4 is 24.2 Å². The van der Waals surface area contributed by atoms with Gasteiger partial charge < -0.3 is 16.0 Å². The van der Waals surface area contributed by atoms with Crippen molar-refractivity contribution in [2.45, 2.75) is 38.8 Å². The van der Waals surface area contributed by atoms with Gasteiger partial charge in [0.1, 0.15) is 0 Å². The molecule has 1 aliphatic rings. The molecular weight excluding hydrogens is 314 g/mol. The van der Waals surface area contributed by atoms with Crippen LogP contribution in [0.4, 0.5) is 0 Å². The molecule has 0 bridgehead atoms. The zero-order valence-corrected chi connectivity index (χ0v) is 14.3. The summed E-state index contributed by atoms with van der Waals surface area (Å²) in [6.45, 7) is 3.02. The van der Waals surface area contributed by atoms with Crippen LogP contribution in [0.5, 0.6) is 0 Å². The minimum atomic E-state index is -0.0459. The third-order valence-electron chi connectivity index (χ3n) is 4.03. The van der Waals surface area contributed by atoms with E-state index in [4.69, 9.17) is 5.73 Å². The van der Waals surface area contributed by atoms with E-state index in [9.17, 15) is 9.59 Å². The first kappa shape index (κ1) is 19.5. The molecule has 1 atom stereocenters. The van der Waals surface area contributed by atoms with Gasteiger partial charge in [-0.2, -0.15) is 0 Å². The van der Waals surface area contributed by atoms with Gasteiger partial charge in [0, 0.05) is 39.0 Å². The molecule has 1 unspecified atom stereocenters. The maximum Gasteiger partial charge on any atom is 0.221 e. The van der Waals surface area contributed by atoms with E-state index in [0.717, 1.165) is 5.56 Å². The van der Waals surface area contributed by atoms with Crippen LogP contribution >= 0.6 is 12.4 Å². The summed E-state index contributed by atoms with van der Waals surface area (Å²) in [5, 5.41) is 2.86. The number of halogens is 1. The van der Waals surface area contributed by atoms with Crippen LogP contribution in [-0.2, 0) is 16.1 Å². The van der Waals surface area contributed by atoms with Crippen molar-refractivity contribution in [2.75, 3.05) is 13.1 Å². The molecule has 5 nitrogen and oxygen atoms in total. The van der Waals surface area contributed by atoms with Gasteiger partial charge in [0.15, 0.2) is 0 Å². The van der Waals surface area contributed by atoms with Crippen molar-refractivity contribution in [1.82, 2.24) is 10.2 Å². The lowest BCUT2D eigenvalue weighted by Crippen LogP contribution is -2.40. The van der Waals surface area contributed by atoms with Crippen molar-refractivity contribution < 1.29 is 9.59 Å². The minimum absolute atomic E-state index is 0. The van der Waals surface area contributed by atoms with Gasteiger partial charge in [-0.15, -0.1) is 12.4 Å². The maximum absolute atomic E-state index is 11.9. The number of nitrogens with one attached hydrogen (secondary N) is 1. The second kappa shape index (κ2) is 9.53. The van der Waals surface area contributed by atoms with E-state index in [0.29, 0.717) is 32.0 Å². The zero-order valence-electron chi connectivity index (χ0n) is 13.5. The van der Waals surface area contributed by atoms with Gasteiger partial charge in [0.05, 0.1) is 0 Å². The normalized spacial score (nSPS) is 14.5. The van der Waals surface area contributed by atoms with Crippen LogP contribution in [0, 0.1) is 5.92 Å². The van der Waals surface area contributed by atoms with E-state index >= 15 is 0 Å². The third-order valence-corrected chi connectivity index (χ3v) is 4.03. The molecule has 0 radical (unpaired) electrons. The number of carbonyl (C=O) groups excluding carboxylic acids is 2. The van der Waals surface area contributed by atoms with Crippen molar-refractivity contribution in [3.63, 3.8) is 0 Å². The van der Waals surface area contributed by atoms with Crippen LogP contribution < -0.4 is 11.1 Å². The van der Waals surface area contributed by atoms with Crippen LogP contribution in [0.2, 0.25) is 0 Å². The van der Waals surface area contributed by atoms with E-state index in [-0.39, 0.29) is 30.3 Å². The zero-order chi connectivity index (χ0) is 15.9. The van der Waals surface area contributed by atoms with E-state index in [1.54, 1.807) is 4.90 Å². The summed E-state index contributed by atoms with van der Waals surface area (Å²) in [6.07, 6.45) is 2.66. The lowest BCUT2D eigenvalue weighted by atomic mass is 10.2. The minimum Gasteiger partial charge on any atom is -0.354 e. The van der Waals surface area contributed by atoms with Crippen LogP contribution in [-0.4, -0.2) is 35.8 Å². The molecule has 1 aromatic carbocycles. The fourth-order valence-electron chi connectivity index (χ4n) is 2.40. The smallest absolute Gasteiger partial charge is 0.221 e. The summed E-state index contributed by atoms with van der Waals surface area (Å²) < 4.78 is 0. The molecule has 0 saturated heterocycles. The van der Waals surface area contributed by atoms with Gasteiger partial charge in [-0.3, -0.25) is 9.59 Å². The van der Waals surface area contributed by atoms with E-state index in [2.05, 4.69) is 5.32 Å². The summed E-state index contributed by atoms with van der Waals surface area (Å²) in [7, 11) is 0. The number of carbonyl (C=O) groups is 2. The Balaban J connectivity index is 0.00000264. The largest absolute Gasteiger partial charge is 0.354 e. The summed E-state index contributed by atoms with van der Waals surface area (Å²) in [4.78, 5) is 25.3. The van der Waals surface area contributed by atoms with Gasteiger partial charge in [-0.1, -0.05) is 30.3 Å². The lowest BCUT2D eigenvalue weighted by molar-refractivity contribution is -0.130. The van der Waals surface area contributed by atoms with Gasteiger partial charge >= 0.3 is 0 Å². The molecule has 0 heterocycles. The maximum atomic E-state index is 11.9. The third kappa shape index (κ3) is 7.01. The van der Waals surface area contributed by atoms with Crippen LogP contribution in [0.25, 0.3) is 0 Å². The summed E-state index contributed by atoms with van der Waals surface area (Å²) in [6, 6.07) is 9.85. The van der Waals surface area contributed by atoms with Crippen molar-refractivity contribution in [1.29, 1.82) is 0 Å². The van der Waals surface area contributed by atoms with Crippen LogP contribution in [0.1, 0.15) is 31.7 Å². The predicted octanol–water partition coefficient (Wildman–Crippen LogP) is 1.70. The van der Waals surface area contributed by atoms with Crippen LogP contribution in [0.3, 0.4) is 0 Å². The Kier molecular flexibility index (Phi) is 8.06. The van der Waals surface area contributed by atoms with Gasteiger partial charge in [0.25, 0.3) is 0 Å². The van der Waals surface area contributed by atoms with Crippen molar-refractivity contribution in [3.8, 4) is 0 Å². The Hall–Kier alpha value is -1.59. The molecule has 2 amide bonds. The molecule has 23 heavy (non-hydrogen) atoms. The SMILES string of the molecule is CC(=O)N(CCC(=O)NCC(N)C1CC1)Cc1ccccc1.Cl. The molecule has 2 rings (SSSR count). The second-order valence-corrected chi connectivity index (χ2v) is 5.98. The van der Waals surface area contributed by atoms with Crippen molar-refractivity contribution in [2.24, 2.45) is 11.7 Å². The first-order valence-electron chi connectivity index (χ1n) is 7.88. The van der Waals surface area contributed by atoms with Gasteiger partial charge in [-0.25, -0.2) is 0 Å². The Morgan fingerprint density at radius 2 is 1.96 bits per heavy atom. The standard InChI is InChI=1S/C17H25N3O2.ClH/c1-13(21)20(12-14-5-3-2-4-6-14)10-9-17(22)19-11-16(18)15-7-8-15;/h2-6,15-16H,7-12,18H2,1H3,(H,19,22);1H. The average molecular weight is 340 g/mol. The number of benzene rings is 1. The highest BCUT2D eigenvalue weighted by Crippen LogP contribution is 2.31. The number of hydrogen-bond donors (Lipinski definition) is 2. The first-order chi connectivity index (χ1) is 10.6. The second-order valence-electron chi connectivity index (χ2n) is 5.98. The van der Waals surface area contributed by atoms with Crippen molar-refractivity contribution in [3.05, 3.63) is 35.9 Å². The molecule has 0 aliphatic heterocycles. The monoisotopic (exact) mass is 339 g/mol. The average Bonchev–Trinajstić information content (AvgIpc) is 3.34. The molecule has 6 heteroatoms. The van der Waals surface area contributed by atoms with E-state index in [1.807, 2.05) is 30.3 Å². The lowest BCUT2D eigenvalue weighted by Gasteiger charge is -2.21. The number of rotatable bonds is 8. The molecule has 128 valence electrons. The van der Waals surface area contributed by atoms with E-state index < -0.39 is 0 Å². The molecule has 1 fully saturated rings. The molecule has 3 N–H and O–H groups in total. The topological polar surface area (TPSA) is 75.4 Å². The molecule has 0 aromatic heterocycles. The quantitative estimate of drug-likeness (QED) is 0.757. The first-order valence-corrected chi connectivity index (χ1v) is 7.88.